The quantitative estimate of drug-likeness (QED) is 0.844. The maximum atomic E-state index is 12.9. The van der Waals surface area contributed by atoms with E-state index < -0.39 is 0 Å². The number of rotatable bonds is 5. The number of amides is 1. The molecule has 0 aromatic heterocycles. The van der Waals surface area contributed by atoms with Crippen LogP contribution in [0.1, 0.15) is 25.7 Å². The van der Waals surface area contributed by atoms with Crippen LogP contribution < -0.4 is 10.2 Å². The largest absolute Gasteiger partial charge is 0.483 e. The molecule has 0 unspecified atom stereocenters. The lowest BCUT2D eigenvalue weighted by atomic mass is 10.3. The van der Waals surface area contributed by atoms with E-state index in [-0.39, 0.29) is 24.4 Å². The van der Waals surface area contributed by atoms with Gasteiger partial charge in [0, 0.05) is 0 Å². The van der Waals surface area contributed by atoms with Gasteiger partial charge >= 0.3 is 0 Å². The van der Waals surface area contributed by atoms with Gasteiger partial charge in [-0.2, -0.15) is 0 Å². The van der Waals surface area contributed by atoms with Crippen molar-refractivity contribution in [2.75, 3.05) is 6.61 Å². The summed E-state index contributed by atoms with van der Waals surface area (Å²) in [4.78, 5) is 16.8. The van der Waals surface area contributed by atoms with Gasteiger partial charge in [0.2, 0.25) is 0 Å². The second-order valence-corrected chi connectivity index (χ2v) is 5.27. The Balaban J connectivity index is 1.73. The number of nitrogens with one attached hydrogen (secondary N) is 1. The Morgan fingerprint density at radius 1 is 1.42 bits per heavy atom. The minimum atomic E-state index is -0.367. The van der Waals surface area contributed by atoms with Crippen molar-refractivity contribution >= 4 is 21.8 Å². The zero-order valence-electron chi connectivity index (χ0n) is 10.3. The molecule has 0 heterocycles. The van der Waals surface area contributed by atoms with E-state index in [1.165, 1.54) is 18.2 Å². The number of ether oxygens (including phenoxy) is 1. The number of hydrogen-bond donors (Lipinski definition) is 1. The summed E-state index contributed by atoms with van der Waals surface area (Å²) in [5, 5.41) is 0. The molecule has 1 aromatic carbocycles. The summed E-state index contributed by atoms with van der Waals surface area (Å²) in [6.07, 6.45) is 4.34. The average molecular weight is 332 g/mol. The summed E-state index contributed by atoms with van der Waals surface area (Å²) in [6, 6.07) is 4.01. The lowest BCUT2D eigenvalue weighted by Gasteiger charge is -2.12. The smallest absolute Gasteiger partial charge is 0.281 e. The standard InChI is InChI=1S/C13H15BrFNO3/c14-11-7-9(15)5-6-12(11)18-8-13(17)16-19-10-3-1-2-4-10/h5-7,10H,1-4,8H2,(H,16,17). The fourth-order valence-corrected chi connectivity index (χ4v) is 2.39. The molecular formula is C13H15BrFNO3. The number of carbonyl (C=O) groups excluding carboxylic acids is 1. The highest BCUT2D eigenvalue weighted by Crippen LogP contribution is 2.25. The van der Waals surface area contributed by atoms with Crippen molar-refractivity contribution in [2.24, 2.45) is 0 Å². The Morgan fingerprint density at radius 3 is 2.84 bits per heavy atom. The minimum absolute atomic E-state index is 0.113. The first-order chi connectivity index (χ1) is 9.15. The number of carbonyl (C=O) groups is 1. The molecule has 1 aliphatic rings. The van der Waals surface area contributed by atoms with Crippen LogP contribution in [0, 0.1) is 5.82 Å². The number of hydroxylamine groups is 1. The maximum Gasteiger partial charge on any atom is 0.281 e. The molecule has 1 aromatic rings. The Bertz CT molecular complexity index is 450. The molecule has 4 nitrogen and oxygen atoms in total. The van der Waals surface area contributed by atoms with Crippen LogP contribution in [0.15, 0.2) is 22.7 Å². The summed E-state index contributed by atoms with van der Waals surface area (Å²) >= 11 is 3.16. The monoisotopic (exact) mass is 331 g/mol. The van der Waals surface area contributed by atoms with E-state index in [9.17, 15) is 9.18 Å². The van der Waals surface area contributed by atoms with Gasteiger partial charge < -0.3 is 4.74 Å². The molecule has 19 heavy (non-hydrogen) atoms. The van der Waals surface area contributed by atoms with Crippen LogP contribution >= 0.6 is 15.9 Å². The molecule has 1 N–H and O–H groups in total. The third kappa shape index (κ3) is 4.47. The van der Waals surface area contributed by atoms with Gasteiger partial charge in [-0.15, -0.1) is 0 Å². The van der Waals surface area contributed by atoms with Crippen molar-refractivity contribution < 1.29 is 18.8 Å². The zero-order chi connectivity index (χ0) is 13.7. The zero-order valence-corrected chi connectivity index (χ0v) is 11.9. The van der Waals surface area contributed by atoms with E-state index in [2.05, 4.69) is 21.4 Å². The Morgan fingerprint density at radius 2 is 2.16 bits per heavy atom. The molecule has 0 radical (unpaired) electrons. The lowest BCUT2D eigenvalue weighted by molar-refractivity contribution is -0.140. The predicted octanol–water partition coefficient (Wildman–Crippen LogP) is 2.96. The highest BCUT2D eigenvalue weighted by Gasteiger charge is 2.17. The molecule has 1 amide bonds. The Labute approximate surface area is 119 Å². The second kappa shape index (κ2) is 6.86. The Hall–Kier alpha value is -1.14. The van der Waals surface area contributed by atoms with E-state index in [1.54, 1.807) is 0 Å². The van der Waals surface area contributed by atoms with Crippen LogP contribution in [0.5, 0.6) is 5.75 Å². The molecule has 0 aliphatic heterocycles. The molecular weight excluding hydrogens is 317 g/mol. The predicted molar refractivity (Wildman–Crippen MR) is 71.1 cm³/mol. The van der Waals surface area contributed by atoms with Gasteiger partial charge in [0.05, 0.1) is 10.6 Å². The van der Waals surface area contributed by atoms with Gasteiger partial charge in [0.25, 0.3) is 5.91 Å². The van der Waals surface area contributed by atoms with E-state index >= 15 is 0 Å². The van der Waals surface area contributed by atoms with E-state index in [0.29, 0.717) is 10.2 Å². The van der Waals surface area contributed by atoms with Gasteiger partial charge in [-0.05, 0) is 47.0 Å². The molecule has 0 saturated heterocycles. The van der Waals surface area contributed by atoms with Crippen LogP contribution in [0.25, 0.3) is 0 Å². The highest BCUT2D eigenvalue weighted by molar-refractivity contribution is 9.10. The molecule has 0 bridgehead atoms. The molecule has 1 aliphatic carbocycles. The van der Waals surface area contributed by atoms with Crippen LogP contribution in [0.2, 0.25) is 0 Å². The molecule has 1 fully saturated rings. The van der Waals surface area contributed by atoms with Crippen LogP contribution in [0.4, 0.5) is 4.39 Å². The summed E-state index contributed by atoms with van der Waals surface area (Å²) in [5.74, 6) is -0.311. The van der Waals surface area contributed by atoms with Gasteiger partial charge in [0.1, 0.15) is 11.6 Å². The normalized spacial score (nSPS) is 15.5. The first-order valence-electron chi connectivity index (χ1n) is 6.17. The average Bonchev–Trinajstić information content (AvgIpc) is 2.88. The SMILES string of the molecule is O=C(COc1ccc(F)cc1Br)NOC1CCCC1. The maximum absolute atomic E-state index is 12.9. The van der Waals surface area contributed by atoms with Crippen LogP contribution in [-0.4, -0.2) is 18.6 Å². The van der Waals surface area contributed by atoms with E-state index in [4.69, 9.17) is 9.57 Å². The number of halogens is 2. The second-order valence-electron chi connectivity index (χ2n) is 4.41. The summed E-state index contributed by atoms with van der Waals surface area (Å²) in [5.41, 5.74) is 2.37. The van der Waals surface area contributed by atoms with Gasteiger partial charge in [-0.25, -0.2) is 9.87 Å². The van der Waals surface area contributed by atoms with Gasteiger partial charge in [-0.1, -0.05) is 12.8 Å². The topological polar surface area (TPSA) is 47.6 Å². The van der Waals surface area contributed by atoms with E-state index in [1.807, 2.05) is 0 Å². The highest BCUT2D eigenvalue weighted by atomic mass is 79.9. The van der Waals surface area contributed by atoms with Crippen molar-refractivity contribution in [2.45, 2.75) is 31.8 Å². The number of hydrogen-bond acceptors (Lipinski definition) is 3. The van der Waals surface area contributed by atoms with Crippen molar-refractivity contribution in [3.05, 3.63) is 28.5 Å². The fraction of sp³-hybridized carbons (Fsp3) is 0.462. The van der Waals surface area contributed by atoms with Crippen molar-refractivity contribution in [1.82, 2.24) is 5.48 Å². The molecule has 1 saturated carbocycles. The summed E-state index contributed by atoms with van der Waals surface area (Å²) < 4.78 is 18.6. The first kappa shape index (κ1) is 14.3. The summed E-state index contributed by atoms with van der Waals surface area (Å²) in [6.45, 7) is -0.170. The Kier molecular flexibility index (Phi) is 5.15. The van der Waals surface area contributed by atoms with Gasteiger partial charge in [-0.3, -0.25) is 9.63 Å². The molecule has 0 atom stereocenters. The third-order valence-electron chi connectivity index (χ3n) is 2.89. The minimum Gasteiger partial charge on any atom is -0.483 e. The third-order valence-corrected chi connectivity index (χ3v) is 3.51. The summed E-state index contributed by atoms with van der Waals surface area (Å²) in [7, 11) is 0. The van der Waals surface area contributed by atoms with Crippen molar-refractivity contribution in [1.29, 1.82) is 0 Å². The molecule has 0 spiro atoms. The van der Waals surface area contributed by atoms with E-state index in [0.717, 1.165) is 25.7 Å². The molecule has 104 valence electrons. The van der Waals surface area contributed by atoms with Crippen molar-refractivity contribution in [3.63, 3.8) is 0 Å². The number of benzene rings is 1. The molecule has 2 rings (SSSR count). The van der Waals surface area contributed by atoms with Crippen molar-refractivity contribution in [3.8, 4) is 5.75 Å². The van der Waals surface area contributed by atoms with Gasteiger partial charge in [0.15, 0.2) is 6.61 Å². The van der Waals surface area contributed by atoms with Crippen LogP contribution in [0.3, 0.4) is 0 Å². The lowest BCUT2D eigenvalue weighted by Crippen LogP contribution is -2.32. The fourth-order valence-electron chi connectivity index (χ4n) is 1.92. The molecule has 6 heteroatoms. The first-order valence-corrected chi connectivity index (χ1v) is 6.97. The van der Waals surface area contributed by atoms with Crippen LogP contribution in [-0.2, 0) is 9.63 Å².